The number of benzene rings is 2. The zero-order valence-electron chi connectivity index (χ0n) is 13.8. The molecule has 1 N–H and O–H groups in total. The average Bonchev–Trinajstić information content (AvgIpc) is 3.10. The Hall–Kier alpha value is -2.82. The number of rotatable bonds is 6. The fourth-order valence-electron chi connectivity index (χ4n) is 2.50. The number of para-hydroxylation sites is 1. The van der Waals surface area contributed by atoms with E-state index in [-0.39, 0.29) is 6.61 Å². The average molecular weight is 325 g/mol. The first-order valence-corrected chi connectivity index (χ1v) is 7.80. The number of hydrogen-bond donors (Lipinski definition) is 1. The number of nitrogens with one attached hydrogen (secondary N) is 1. The molecule has 0 amide bonds. The Morgan fingerprint density at radius 2 is 1.83 bits per heavy atom. The van der Waals surface area contributed by atoms with E-state index >= 15 is 0 Å². The van der Waals surface area contributed by atoms with Crippen molar-refractivity contribution in [3.63, 3.8) is 0 Å². The van der Waals surface area contributed by atoms with Gasteiger partial charge in [0.05, 0.1) is 11.4 Å². The molecule has 0 aliphatic heterocycles. The minimum absolute atomic E-state index is 0.0456. The largest absolute Gasteiger partial charge is 0.490 e. The van der Waals surface area contributed by atoms with Crippen LogP contribution in [-0.4, -0.2) is 37.6 Å². The maximum absolute atomic E-state index is 12.4. The summed E-state index contributed by atoms with van der Waals surface area (Å²) >= 11 is 0. The lowest BCUT2D eigenvalue weighted by Gasteiger charge is -2.12. The van der Waals surface area contributed by atoms with Gasteiger partial charge in [0.2, 0.25) is 0 Å². The van der Waals surface area contributed by atoms with Crippen molar-refractivity contribution in [2.24, 2.45) is 0 Å². The molecule has 0 aliphatic carbocycles. The number of ether oxygens (including phenoxy) is 1. The molecule has 3 aromatic rings. The van der Waals surface area contributed by atoms with Gasteiger partial charge in [0, 0.05) is 30.9 Å². The second-order valence-corrected chi connectivity index (χ2v) is 5.64. The van der Waals surface area contributed by atoms with Crippen LogP contribution in [0.4, 0.5) is 10.1 Å². The first-order chi connectivity index (χ1) is 11.7. The molecule has 0 atom stereocenters. The minimum atomic E-state index is -0.513. The van der Waals surface area contributed by atoms with Crippen LogP contribution in [0.5, 0.6) is 5.75 Å². The van der Waals surface area contributed by atoms with Gasteiger partial charge in [-0.2, -0.15) is 5.10 Å². The molecular weight excluding hydrogens is 305 g/mol. The van der Waals surface area contributed by atoms with Gasteiger partial charge in [0.1, 0.15) is 19.0 Å². The number of alkyl halides is 1. The fraction of sp³-hybridized carbons (Fsp3) is 0.211. The molecule has 1 aromatic heterocycles. The predicted octanol–water partition coefficient (Wildman–Crippen LogP) is 4.16. The van der Waals surface area contributed by atoms with Crippen LogP contribution in [0.1, 0.15) is 0 Å². The summed E-state index contributed by atoms with van der Waals surface area (Å²) in [5.74, 6) is 0.647. The quantitative estimate of drug-likeness (QED) is 0.740. The summed E-state index contributed by atoms with van der Waals surface area (Å²) < 4.78 is 17.8. The SMILES string of the molecule is CN(C)c1ccc(-c2cc(-c3ccccc3OCCF)[nH]n2)cc1. The number of aromatic nitrogens is 2. The maximum atomic E-state index is 12.4. The molecule has 5 heteroatoms. The van der Waals surface area contributed by atoms with E-state index < -0.39 is 6.67 Å². The lowest BCUT2D eigenvalue weighted by Crippen LogP contribution is -2.07. The van der Waals surface area contributed by atoms with Crippen LogP contribution in [0.2, 0.25) is 0 Å². The molecule has 0 saturated carbocycles. The summed E-state index contributed by atoms with van der Waals surface area (Å²) in [4.78, 5) is 2.05. The first-order valence-electron chi connectivity index (χ1n) is 7.80. The second kappa shape index (κ2) is 7.17. The highest BCUT2D eigenvalue weighted by atomic mass is 19.1. The van der Waals surface area contributed by atoms with E-state index in [1.165, 1.54) is 0 Å². The van der Waals surface area contributed by atoms with Crippen LogP contribution in [0.25, 0.3) is 22.5 Å². The number of aromatic amines is 1. The highest BCUT2D eigenvalue weighted by molar-refractivity contribution is 5.72. The van der Waals surface area contributed by atoms with E-state index in [4.69, 9.17) is 4.74 Å². The van der Waals surface area contributed by atoms with Crippen molar-refractivity contribution in [3.8, 4) is 28.3 Å². The highest BCUT2D eigenvalue weighted by Crippen LogP contribution is 2.31. The molecule has 0 spiro atoms. The predicted molar refractivity (Wildman–Crippen MR) is 95.3 cm³/mol. The van der Waals surface area contributed by atoms with E-state index in [9.17, 15) is 4.39 Å². The third kappa shape index (κ3) is 3.40. The van der Waals surface area contributed by atoms with Gasteiger partial charge in [0.15, 0.2) is 0 Å². The van der Waals surface area contributed by atoms with Crippen molar-refractivity contribution in [2.75, 3.05) is 32.3 Å². The second-order valence-electron chi connectivity index (χ2n) is 5.64. The maximum Gasteiger partial charge on any atom is 0.128 e. The van der Waals surface area contributed by atoms with Crippen molar-refractivity contribution in [2.45, 2.75) is 0 Å². The van der Waals surface area contributed by atoms with Crippen molar-refractivity contribution in [1.82, 2.24) is 10.2 Å². The van der Waals surface area contributed by atoms with E-state index in [1.54, 1.807) is 0 Å². The number of nitrogens with zero attached hydrogens (tertiary/aromatic N) is 2. The van der Waals surface area contributed by atoms with Crippen LogP contribution in [-0.2, 0) is 0 Å². The number of hydrogen-bond acceptors (Lipinski definition) is 3. The Labute approximate surface area is 140 Å². The molecule has 0 aliphatic rings. The molecule has 124 valence electrons. The lowest BCUT2D eigenvalue weighted by molar-refractivity contribution is 0.274. The third-order valence-electron chi connectivity index (χ3n) is 3.77. The molecule has 0 radical (unpaired) electrons. The molecular formula is C19H20FN3O. The Balaban J connectivity index is 1.88. The van der Waals surface area contributed by atoms with Gasteiger partial charge in [0.25, 0.3) is 0 Å². The zero-order chi connectivity index (χ0) is 16.9. The summed E-state index contributed by atoms with van der Waals surface area (Å²) in [5, 5.41) is 7.43. The molecule has 1 heterocycles. The topological polar surface area (TPSA) is 41.1 Å². The van der Waals surface area contributed by atoms with Gasteiger partial charge >= 0.3 is 0 Å². The summed E-state index contributed by atoms with van der Waals surface area (Å²) in [5.41, 5.74) is 4.74. The van der Waals surface area contributed by atoms with Crippen LogP contribution in [0, 0.1) is 0 Å². The first kappa shape index (κ1) is 16.1. The standard InChI is InChI=1S/C19H20FN3O/c1-23(2)15-9-7-14(8-10-15)17-13-18(22-21-17)16-5-3-4-6-19(16)24-12-11-20/h3-10,13H,11-12H2,1-2H3,(H,21,22). The summed E-state index contributed by atoms with van der Waals surface area (Å²) in [7, 11) is 4.02. The molecule has 4 nitrogen and oxygen atoms in total. The molecule has 0 bridgehead atoms. The zero-order valence-corrected chi connectivity index (χ0v) is 13.8. The summed E-state index contributed by atoms with van der Waals surface area (Å²) in [6.45, 7) is -0.467. The molecule has 3 rings (SSSR count). The van der Waals surface area contributed by atoms with Gasteiger partial charge in [-0.25, -0.2) is 4.39 Å². The van der Waals surface area contributed by atoms with E-state index in [1.807, 2.05) is 56.6 Å². The van der Waals surface area contributed by atoms with Gasteiger partial charge < -0.3 is 9.64 Å². The van der Waals surface area contributed by atoms with Gasteiger partial charge in [-0.15, -0.1) is 0 Å². The lowest BCUT2D eigenvalue weighted by atomic mass is 10.1. The van der Waals surface area contributed by atoms with Gasteiger partial charge in [-0.05, 0) is 30.3 Å². The summed E-state index contributed by atoms with van der Waals surface area (Å²) in [6.07, 6.45) is 0. The van der Waals surface area contributed by atoms with Crippen molar-refractivity contribution >= 4 is 5.69 Å². The van der Waals surface area contributed by atoms with E-state index in [2.05, 4.69) is 27.2 Å². The molecule has 2 aromatic carbocycles. The smallest absolute Gasteiger partial charge is 0.128 e. The van der Waals surface area contributed by atoms with Gasteiger partial charge in [-0.1, -0.05) is 24.3 Å². The molecule has 0 unspecified atom stereocenters. The van der Waals surface area contributed by atoms with Crippen LogP contribution < -0.4 is 9.64 Å². The minimum Gasteiger partial charge on any atom is -0.490 e. The van der Waals surface area contributed by atoms with Crippen LogP contribution in [0.15, 0.2) is 54.6 Å². The molecule has 24 heavy (non-hydrogen) atoms. The summed E-state index contributed by atoms with van der Waals surface area (Å²) in [6, 6.07) is 17.7. The number of halogens is 1. The number of anilines is 1. The van der Waals surface area contributed by atoms with Crippen molar-refractivity contribution in [1.29, 1.82) is 0 Å². The normalized spacial score (nSPS) is 10.6. The van der Waals surface area contributed by atoms with E-state index in [0.29, 0.717) is 5.75 Å². The van der Waals surface area contributed by atoms with Crippen molar-refractivity contribution < 1.29 is 9.13 Å². The highest BCUT2D eigenvalue weighted by Gasteiger charge is 2.10. The molecule has 0 saturated heterocycles. The van der Waals surface area contributed by atoms with E-state index in [0.717, 1.165) is 28.2 Å². The molecule has 0 fully saturated rings. The van der Waals surface area contributed by atoms with Crippen LogP contribution >= 0.6 is 0 Å². The Morgan fingerprint density at radius 1 is 1.08 bits per heavy atom. The fourth-order valence-corrected chi connectivity index (χ4v) is 2.50. The van der Waals surface area contributed by atoms with Crippen LogP contribution in [0.3, 0.4) is 0 Å². The monoisotopic (exact) mass is 325 g/mol. The Bertz CT molecular complexity index is 796. The van der Waals surface area contributed by atoms with Gasteiger partial charge in [-0.3, -0.25) is 5.10 Å². The third-order valence-corrected chi connectivity index (χ3v) is 3.77. The Kier molecular flexibility index (Phi) is 4.79. The van der Waals surface area contributed by atoms with Crippen molar-refractivity contribution in [3.05, 3.63) is 54.6 Å². The number of H-pyrrole nitrogens is 1. The Morgan fingerprint density at radius 3 is 2.54 bits per heavy atom.